The first-order valence-corrected chi connectivity index (χ1v) is 6.79. The van der Waals surface area contributed by atoms with Crippen molar-refractivity contribution >= 4 is 30.7 Å². The number of nitrogens with two attached hydrogens (primary N) is 1. The van der Waals surface area contributed by atoms with Gasteiger partial charge in [0.15, 0.2) is 0 Å². The molecule has 0 bridgehead atoms. The van der Waals surface area contributed by atoms with Crippen LogP contribution in [-0.4, -0.2) is 33.7 Å². The molecule has 0 aliphatic carbocycles. The molecule has 0 aliphatic rings. The molecule has 0 spiro atoms. The Morgan fingerprint density at radius 2 is 1.91 bits per heavy atom. The third-order valence-electron chi connectivity index (χ3n) is 3.08. The standard InChI is InChI=1S/C15H20N4O.2ClH/c16-8-12-18(13-14-5-2-1-3-6-14)15(20)7-11-19-10-4-9-17-19;;/h1-6,9-10H,7-8,11-13,16H2;2*1H. The molecule has 122 valence electrons. The van der Waals surface area contributed by atoms with Gasteiger partial charge in [-0.1, -0.05) is 30.3 Å². The summed E-state index contributed by atoms with van der Waals surface area (Å²) in [5.74, 6) is 0.106. The van der Waals surface area contributed by atoms with Gasteiger partial charge >= 0.3 is 0 Å². The van der Waals surface area contributed by atoms with Gasteiger partial charge in [-0.15, -0.1) is 24.8 Å². The number of carbonyl (C=O) groups excluding carboxylic acids is 1. The molecular weight excluding hydrogens is 323 g/mol. The van der Waals surface area contributed by atoms with Gasteiger partial charge in [0.1, 0.15) is 0 Å². The fourth-order valence-electron chi connectivity index (χ4n) is 2.05. The summed E-state index contributed by atoms with van der Waals surface area (Å²) in [6.07, 6.45) is 4.01. The van der Waals surface area contributed by atoms with Gasteiger partial charge in [0.2, 0.25) is 5.91 Å². The zero-order valence-corrected chi connectivity index (χ0v) is 13.9. The molecule has 0 unspecified atom stereocenters. The van der Waals surface area contributed by atoms with Gasteiger partial charge in [-0.2, -0.15) is 5.10 Å². The molecule has 22 heavy (non-hydrogen) atoms. The van der Waals surface area contributed by atoms with Gasteiger partial charge in [-0.3, -0.25) is 9.48 Å². The van der Waals surface area contributed by atoms with Gasteiger partial charge < -0.3 is 10.6 Å². The third-order valence-corrected chi connectivity index (χ3v) is 3.08. The van der Waals surface area contributed by atoms with E-state index in [1.165, 1.54) is 0 Å². The normalized spacial score (nSPS) is 9.50. The molecule has 5 nitrogen and oxygen atoms in total. The summed E-state index contributed by atoms with van der Waals surface area (Å²) >= 11 is 0. The molecule has 2 aromatic rings. The summed E-state index contributed by atoms with van der Waals surface area (Å²) in [7, 11) is 0. The van der Waals surface area contributed by atoms with Crippen LogP contribution in [0.15, 0.2) is 48.8 Å². The number of hydrogen-bond donors (Lipinski definition) is 1. The summed E-state index contributed by atoms with van der Waals surface area (Å²) in [5, 5.41) is 4.10. The van der Waals surface area contributed by atoms with Crippen molar-refractivity contribution in [1.82, 2.24) is 14.7 Å². The Bertz CT molecular complexity index is 520. The maximum absolute atomic E-state index is 12.3. The Hall–Kier alpha value is -1.56. The van der Waals surface area contributed by atoms with E-state index in [9.17, 15) is 4.79 Å². The summed E-state index contributed by atoms with van der Waals surface area (Å²) in [4.78, 5) is 14.1. The molecule has 0 atom stereocenters. The number of aryl methyl sites for hydroxylation is 1. The largest absolute Gasteiger partial charge is 0.337 e. The second kappa shape index (κ2) is 11.1. The summed E-state index contributed by atoms with van der Waals surface area (Å²) in [6, 6.07) is 11.8. The van der Waals surface area contributed by atoms with Gasteiger partial charge in [0.05, 0.1) is 0 Å². The van der Waals surface area contributed by atoms with Crippen molar-refractivity contribution in [3.8, 4) is 0 Å². The molecule has 0 radical (unpaired) electrons. The first-order chi connectivity index (χ1) is 9.79. The Labute approximate surface area is 143 Å². The SMILES string of the molecule is Cl.Cl.NCCN(Cc1ccccc1)C(=O)CCn1cccn1. The molecule has 7 heteroatoms. The number of carbonyl (C=O) groups is 1. The maximum Gasteiger partial charge on any atom is 0.224 e. The number of rotatable bonds is 7. The van der Waals surface area contributed by atoms with E-state index in [4.69, 9.17) is 5.73 Å². The average Bonchev–Trinajstić information content (AvgIpc) is 2.99. The Morgan fingerprint density at radius 3 is 2.50 bits per heavy atom. The fourth-order valence-corrected chi connectivity index (χ4v) is 2.05. The van der Waals surface area contributed by atoms with Crippen LogP contribution in [0.5, 0.6) is 0 Å². The van der Waals surface area contributed by atoms with Gasteiger partial charge in [-0.05, 0) is 11.6 Å². The minimum absolute atomic E-state index is 0. The highest BCUT2D eigenvalue weighted by atomic mass is 35.5. The third kappa shape index (κ3) is 6.47. The molecule has 1 heterocycles. The Kier molecular flexibility index (Phi) is 10.3. The van der Waals surface area contributed by atoms with E-state index in [0.29, 0.717) is 32.6 Å². The second-order valence-corrected chi connectivity index (χ2v) is 4.61. The molecule has 1 amide bonds. The number of halogens is 2. The summed E-state index contributed by atoms with van der Waals surface area (Å²) in [5.41, 5.74) is 6.72. The van der Waals surface area contributed by atoms with Crippen LogP contribution in [0.25, 0.3) is 0 Å². The molecule has 2 rings (SSSR count). The number of benzene rings is 1. The Morgan fingerprint density at radius 1 is 1.18 bits per heavy atom. The zero-order chi connectivity index (χ0) is 14.2. The first kappa shape index (κ1) is 20.4. The van der Waals surface area contributed by atoms with Crippen LogP contribution in [0.3, 0.4) is 0 Å². The predicted octanol–water partition coefficient (Wildman–Crippen LogP) is 2.10. The smallest absolute Gasteiger partial charge is 0.224 e. The van der Waals surface area contributed by atoms with Gasteiger partial charge in [0.25, 0.3) is 0 Å². The fraction of sp³-hybridized carbons (Fsp3) is 0.333. The van der Waals surface area contributed by atoms with Crippen molar-refractivity contribution in [1.29, 1.82) is 0 Å². The number of aromatic nitrogens is 2. The number of nitrogens with zero attached hydrogens (tertiary/aromatic N) is 3. The van der Waals surface area contributed by atoms with Crippen molar-refractivity contribution in [2.75, 3.05) is 13.1 Å². The highest BCUT2D eigenvalue weighted by molar-refractivity contribution is 5.85. The van der Waals surface area contributed by atoms with E-state index in [1.807, 2.05) is 42.6 Å². The predicted molar refractivity (Wildman–Crippen MR) is 92.3 cm³/mol. The molecule has 0 fully saturated rings. The lowest BCUT2D eigenvalue weighted by Gasteiger charge is -2.22. The Balaban J connectivity index is 0.00000220. The van der Waals surface area contributed by atoms with E-state index in [-0.39, 0.29) is 30.7 Å². The summed E-state index contributed by atoms with van der Waals surface area (Å²) < 4.78 is 1.76. The summed E-state index contributed by atoms with van der Waals surface area (Å²) in [6.45, 7) is 2.25. The average molecular weight is 345 g/mol. The molecule has 0 saturated carbocycles. The minimum atomic E-state index is 0. The molecule has 2 N–H and O–H groups in total. The highest BCUT2D eigenvalue weighted by Gasteiger charge is 2.13. The van der Waals surface area contributed by atoms with E-state index < -0.39 is 0 Å². The molecule has 1 aromatic heterocycles. The quantitative estimate of drug-likeness (QED) is 0.836. The van der Waals surface area contributed by atoms with E-state index in [1.54, 1.807) is 15.8 Å². The van der Waals surface area contributed by atoms with E-state index >= 15 is 0 Å². The van der Waals surface area contributed by atoms with Crippen molar-refractivity contribution in [3.05, 3.63) is 54.4 Å². The van der Waals surface area contributed by atoms with Crippen molar-refractivity contribution in [2.45, 2.75) is 19.5 Å². The lowest BCUT2D eigenvalue weighted by molar-refractivity contribution is -0.132. The van der Waals surface area contributed by atoms with Crippen LogP contribution in [0.2, 0.25) is 0 Å². The highest BCUT2D eigenvalue weighted by Crippen LogP contribution is 2.06. The van der Waals surface area contributed by atoms with Crippen LogP contribution in [0, 0.1) is 0 Å². The molecule has 1 aromatic carbocycles. The lowest BCUT2D eigenvalue weighted by atomic mass is 10.2. The van der Waals surface area contributed by atoms with Crippen LogP contribution in [0.4, 0.5) is 0 Å². The van der Waals surface area contributed by atoms with Crippen LogP contribution < -0.4 is 5.73 Å². The van der Waals surface area contributed by atoms with E-state index in [0.717, 1.165) is 5.56 Å². The van der Waals surface area contributed by atoms with Gasteiger partial charge in [-0.25, -0.2) is 0 Å². The molecular formula is C15H22Cl2N4O. The maximum atomic E-state index is 12.3. The van der Waals surface area contributed by atoms with E-state index in [2.05, 4.69) is 5.10 Å². The number of amides is 1. The number of hydrogen-bond acceptors (Lipinski definition) is 3. The van der Waals surface area contributed by atoms with Crippen LogP contribution in [0.1, 0.15) is 12.0 Å². The van der Waals surface area contributed by atoms with Crippen molar-refractivity contribution in [2.24, 2.45) is 5.73 Å². The lowest BCUT2D eigenvalue weighted by Crippen LogP contribution is -2.35. The molecule has 0 aliphatic heterocycles. The topological polar surface area (TPSA) is 64.2 Å². The van der Waals surface area contributed by atoms with Crippen molar-refractivity contribution in [3.63, 3.8) is 0 Å². The minimum Gasteiger partial charge on any atom is -0.337 e. The zero-order valence-electron chi connectivity index (χ0n) is 12.3. The monoisotopic (exact) mass is 344 g/mol. The van der Waals surface area contributed by atoms with Gasteiger partial charge in [0, 0.05) is 45.0 Å². The first-order valence-electron chi connectivity index (χ1n) is 6.79. The van der Waals surface area contributed by atoms with Crippen molar-refractivity contribution < 1.29 is 4.79 Å². The van der Waals surface area contributed by atoms with Crippen LogP contribution >= 0.6 is 24.8 Å². The second-order valence-electron chi connectivity index (χ2n) is 4.61. The van der Waals surface area contributed by atoms with Crippen LogP contribution in [-0.2, 0) is 17.9 Å². The molecule has 0 saturated heterocycles.